The minimum absolute atomic E-state index is 0.109. The molecule has 0 spiro atoms. The molecule has 1 aliphatic heterocycles. The number of carbonyl (C=O) groups is 1. The Hall–Kier alpha value is -1.35. The normalized spacial score (nSPS) is 21.8. The molecule has 1 saturated heterocycles. The first-order valence-electron chi connectivity index (χ1n) is 7.28. The number of amides is 1. The summed E-state index contributed by atoms with van der Waals surface area (Å²) in [6.07, 6.45) is 5.28. The molecule has 0 aromatic heterocycles. The summed E-state index contributed by atoms with van der Waals surface area (Å²) in [5.74, 6) is 0.109. The van der Waals surface area contributed by atoms with E-state index in [1.807, 2.05) is 35.2 Å². The molecule has 0 radical (unpaired) electrons. The Morgan fingerprint density at radius 1 is 1.32 bits per heavy atom. The van der Waals surface area contributed by atoms with Crippen LogP contribution in [0.5, 0.6) is 0 Å². The number of hydrogen-bond donors (Lipinski definition) is 1. The second-order valence-electron chi connectivity index (χ2n) is 5.53. The van der Waals surface area contributed by atoms with Crippen molar-refractivity contribution >= 4 is 5.91 Å². The summed E-state index contributed by atoms with van der Waals surface area (Å²) in [7, 11) is 0. The van der Waals surface area contributed by atoms with Crippen LogP contribution in [0.4, 0.5) is 0 Å². The maximum Gasteiger partial charge on any atom is 0.240 e. The van der Waals surface area contributed by atoms with Crippen LogP contribution in [0.15, 0.2) is 30.3 Å². The largest absolute Gasteiger partial charge is 0.339 e. The van der Waals surface area contributed by atoms with Gasteiger partial charge in [0.2, 0.25) is 5.91 Å². The molecule has 2 unspecified atom stereocenters. The third-order valence-electron chi connectivity index (χ3n) is 3.95. The lowest BCUT2D eigenvalue weighted by atomic mass is 10.0. The highest BCUT2D eigenvalue weighted by Crippen LogP contribution is 2.17. The summed E-state index contributed by atoms with van der Waals surface area (Å²) in [6, 6.07) is 9.92. The molecule has 2 rings (SSSR count). The molecule has 3 nitrogen and oxygen atoms in total. The van der Waals surface area contributed by atoms with Crippen molar-refractivity contribution in [2.24, 2.45) is 5.73 Å². The number of nitrogens with two attached hydrogens (primary N) is 1. The highest BCUT2D eigenvalue weighted by molar-refractivity contribution is 5.82. The number of carbonyl (C=O) groups excluding carboxylic acids is 1. The van der Waals surface area contributed by atoms with Crippen LogP contribution in [-0.4, -0.2) is 29.4 Å². The van der Waals surface area contributed by atoms with Gasteiger partial charge in [-0.25, -0.2) is 0 Å². The van der Waals surface area contributed by atoms with Gasteiger partial charge >= 0.3 is 0 Å². The van der Waals surface area contributed by atoms with Gasteiger partial charge in [-0.1, -0.05) is 43.2 Å². The minimum Gasteiger partial charge on any atom is -0.339 e. The predicted molar refractivity (Wildman–Crippen MR) is 77.8 cm³/mol. The smallest absolute Gasteiger partial charge is 0.240 e. The molecule has 2 atom stereocenters. The molecule has 0 saturated carbocycles. The molecule has 2 N–H and O–H groups in total. The molecule has 1 aromatic rings. The monoisotopic (exact) mass is 260 g/mol. The molecule has 3 heteroatoms. The molecule has 0 bridgehead atoms. The van der Waals surface area contributed by atoms with E-state index in [1.165, 1.54) is 12.8 Å². The second kappa shape index (κ2) is 6.71. The molecule has 19 heavy (non-hydrogen) atoms. The quantitative estimate of drug-likeness (QED) is 0.906. The second-order valence-corrected chi connectivity index (χ2v) is 5.53. The van der Waals surface area contributed by atoms with Crippen molar-refractivity contribution in [1.82, 2.24) is 4.90 Å². The van der Waals surface area contributed by atoms with Crippen molar-refractivity contribution in [3.63, 3.8) is 0 Å². The highest BCUT2D eigenvalue weighted by Gasteiger charge is 2.26. The molecule has 104 valence electrons. The molecule has 1 aliphatic rings. The van der Waals surface area contributed by atoms with E-state index < -0.39 is 6.04 Å². The van der Waals surface area contributed by atoms with Crippen LogP contribution in [-0.2, 0) is 11.2 Å². The molecule has 1 amide bonds. The van der Waals surface area contributed by atoms with E-state index in [2.05, 4.69) is 6.92 Å². The third kappa shape index (κ3) is 3.80. The molecular weight excluding hydrogens is 236 g/mol. The fourth-order valence-electron chi connectivity index (χ4n) is 2.77. The van der Waals surface area contributed by atoms with E-state index in [-0.39, 0.29) is 5.91 Å². The summed E-state index contributed by atoms with van der Waals surface area (Å²) < 4.78 is 0. The van der Waals surface area contributed by atoms with Crippen molar-refractivity contribution in [3.8, 4) is 0 Å². The molecule has 0 aliphatic carbocycles. The Balaban J connectivity index is 1.97. The summed E-state index contributed by atoms with van der Waals surface area (Å²) >= 11 is 0. The van der Waals surface area contributed by atoms with Gasteiger partial charge in [0.05, 0.1) is 6.04 Å². The first-order chi connectivity index (χ1) is 9.18. The summed E-state index contributed by atoms with van der Waals surface area (Å²) in [5.41, 5.74) is 7.23. The van der Waals surface area contributed by atoms with E-state index in [0.717, 1.165) is 24.9 Å². The van der Waals surface area contributed by atoms with Gasteiger partial charge < -0.3 is 10.6 Å². The lowest BCUT2D eigenvalue weighted by molar-refractivity contribution is -0.134. The van der Waals surface area contributed by atoms with Gasteiger partial charge in [0.1, 0.15) is 0 Å². The van der Waals surface area contributed by atoms with Gasteiger partial charge in [-0.15, -0.1) is 0 Å². The van der Waals surface area contributed by atoms with Gasteiger partial charge in [-0.3, -0.25) is 4.79 Å². The Labute approximate surface area is 115 Å². The van der Waals surface area contributed by atoms with Crippen LogP contribution < -0.4 is 5.73 Å². The zero-order valence-corrected chi connectivity index (χ0v) is 11.7. The van der Waals surface area contributed by atoms with Crippen molar-refractivity contribution in [2.75, 3.05) is 6.54 Å². The standard InChI is InChI=1S/C16H24N2O/c1-13-8-4-3-7-11-18(13)16(19)15(17)12-14-9-5-2-6-10-14/h2,5-6,9-10,13,15H,3-4,7-8,11-12,17H2,1H3. The summed E-state index contributed by atoms with van der Waals surface area (Å²) in [6.45, 7) is 3.00. The average Bonchev–Trinajstić information content (AvgIpc) is 2.63. The maximum atomic E-state index is 12.5. The van der Waals surface area contributed by atoms with Crippen molar-refractivity contribution in [2.45, 2.75) is 51.1 Å². The summed E-state index contributed by atoms with van der Waals surface area (Å²) in [5, 5.41) is 0. The zero-order chi connectivity index (χ0) is 13.7. The Morgan fingerprint density at radius 3 is 2.79 bits per heavy atom. The fourth-order valence-corrected chi connectivity index (χ4v) is 2.77. The zero-order valence-electron chi connectivity index (χ0n) is 11.7. The Bertz CT molecular complexity index is 404. The van der Waals surface area contributed by atoms with E-state index in [4.69, 9.17) is 5.73 Å². The van der Waals surface area contributed by atoms with Crippen LogP contribution in [0.3, 0.4) is 0 Å². The third-order valence-corrected chi connectivity index (χ3v) is 3.95. The van der Waals surface area contributed by atoms with Crippen molar-refractivity contribution in [1.29, 1.82) is 0 Å². The van der Waals surface area contributed by atoms with Gasteiger partial charge in [0.15, 0.2) is 0 Å². The fraction of sp³-hybridized carbons (Fsp3) is 0.562. The lowest BCUT2D eigenvalue weighted by Gasteiger charge is -2.29. The van der Waals surface area contributed by atoms with Crippen molar-refractivity contribution < 1.29 is 4.79 Å². The Morgan fingerprint density at radius 2 is 2.05 bits per heavy atom. The van der Waals surface area contributed by atoms with Crippen molar-refractivity contribution in [3.05, 3.63) is 35.9 Å². The molecule has 1 fully saturated rings. The summed E-state index contributed by atoms with van der Waals surface area (Å²) in [4.78, 5) is 14.5. The van der Waals surface area contributed by atoms with E-state index in [9.17, 15) is 4.79 Å². The van der Waals surface area contributed by atoms with E-state index >= 15 is 0 Å². The van der Waals surface area contributed by atoms with Crippen LogP contribution in [0.1, 0.15) is 38.2 Å². The van der Waals surface area contributed by atoms with E-state index in [0.29, 0.717) is 12.5 Å². The van der Waals surface area contributed by atoms with E-state index in [1.54, 1.807) is 0 Å². The van der Waals surface area contributed by atoms with Crippen LogP contribution in [0.25, 0.3) is 0 Å². The molecule has 1 aromatic carbocycles. The molecule has 1 heterocycles. The number of rotatable bonds is 3. The minimum atomic E-state index is -0.414. The number of hydrogen-bond acceptors (Lipinski definition) is 2. The average molecular weight is 260 g/mol. The van der Waals surface area contributed by atoms with Crippen LogP contribution in [0.2, 0.25) is 0 Å². The SMILES string of the molecule is CC1CCCCCN1C(=O)C(N)Cc1ccccc1. The first-order valence-corrected chi connectivity index (χ1v) is 7.28. The van der Waals surface area contributed by atoms with Gasteiger partial charge in [0, 0.05) is 12.6 Å². The topological polar surface area (TPSA) is 46.3 Å². The maximum absolute atomic E-state index is 12.5. The number of nitrogens with zero attached hydrogens (tertiary/aromatic N) is 1. The van der Waals surface area contributed by atoms with Gasteiger partial charge in [-0.2, -0.15) is 0 Å². The number of benzene rings is 1. The van der Waals surface area contributed by atoms with Gasteiger partial charge in [-0.05, 0) is 31.7 Å². The molecular formula is C16H24N2O. The number of likely N-dealkylation sites (tertiary alicyclic amines) is 1. The van der Waals surface area contributed by atoms with Crippen LogP contribution >= 0.6 is 0 Å². The van der Waals surface area contributed by atoms with Gasteiger partial charge in [0.25, 0.3) is 0 Å². The van der Waals surface area contributed by atoms with Crippen LogP contribution in [0, 0.1) is 0 Å². The highest BCUT2D eigenvalue weighted by atomic mass is 16.2. The lowest BCUT2D eigenvalue weighted by Crippen LogP contribution is -2.48. The first kappa shape index (κ1) is 14.1. The predicted octanol–water partition coefficient (Wildman–Crippen LogP) is 2.35. The Kier molecular flexibility index (Phi) is 4.97.